The van der Waals surface area contributed by atoms with Crippen molar-refractivity contribution in [1.29, 1.82) is 0 Å². The van der Waals surface area contributed by atoms with Crippen molar-refractivity contribution in [3.8, 4) is 11.5 Å². The number of para-hydroxylation sites is 2. The molecule has 0 N–H and O–H groups in total. The number of ether oxygens (including phenoxy) is 3. The van der Waals surface area contributed by atoms with Gasteiger partial charge >= 0.3 is 0 Å². The van der Waals surface area contributed by atoms with E-state index < -0.39 is 26.8 Å². The van der Waals surface area contributed by atoms with Gasteiger partial charge in [0.2, 0.25) is 11.5 Å². The van der Waals surface area contributed by atoms with E-state index in [0.29, 0.717) is 30.2 Å². The van der Waals surface area contributed by atoms with Crippen LogP contribution in [-0.2, 0) is 52.0 Å². The summed E-state index contributed by atoms with van der Waals surface area (Å²) in [5.74, 6) is -0.325. The number of anilines is 2. The van der Waals surface area contributed by atoms with Crippen LogP contribution in [-0.4, -0.2) is 35.6 Å². The third-order valence-corrected chi connectivity index (χ3v) is 12.6. The number of rotatable bonds is 9. The molecule has 1 atom stereocenters. The van der Waals surface area contributed by atoms with E-state index in [1.165, 1.54) is 56.7 Å². The van der Waals surface area contributed by atoms with E-state index in [4.69, 9.17) is 14.2 Å². The minimum atomic E-state index is -0.929. The molecule has 4 aliphatic rings. The van der Waals surface area contributed by atoms with Crippen molar-refractivity contribution in [3.63, 3.8) is 0 Å². The number of allylic oxidation sites excluding steroid dienone is 6. The van der Waals surface area contributed by atoms with Crippen LogP contribution in [0.1, 0.15) is 55.5 Å². The van der Waals surface area contributed by atoms with Gasteiger partial charge in [-0.15, -0.1) is 0 Å². The van der Waals surface area contributed by atoms with E-state index in [-0.39, 0.29) is 89.4 Å². The zero-order chi connectivity index (χ0) is 47.1. The summed E-state index contributed by atoms with van der Waals surface area (Å²) in [6, 6.07) is 31.8. The summed E-state index contributed by atoms with van der Waals surface area (Å²) < 4.78 is 44.3. The van der Waals surface area contributed by atoms with Crippen molar-refractivity contribution in [1.82, 2.24) is 0 Å². The van der Waals surface area contributed by atoms with Crippen LogP contribution in [0, 0.1) is 63.0 Å². The number of non-ortho nitro benzene ring substituents is 1. The maximum atomic E-state index is 13.5. The Morgan fingerprint density at radius 2 is 1.32 bits per heavy atom. The van der Waals surface area contributed by atoms with E-state index in [1.807, 2.05) is 48.6 Å². The number of halogens is 2. The van der Waals surface area contributed by atoms with E-state index in [0.717, 1.165) is 45.4 Å². The number of nitrogens with zero attached hydrogens (tertiary/aromatic N) is 4. The zero-order valence-electron chi connectivity index (χ0n) is 38.0. The van der Waals surface area contributed by atoms with Crippen LogP contribution in [0.3, 0.4) is 0 Å². The van der Waals surface area contributed by atoms with E-state index in [9.17, 15) is 33.8 Å². The Hall–Kier alpha value is -6.23. The standard InChI is InChI=1S/2C26H23FN2O4.U.V/c1-25(2)21-6-4-5-7-22(21)28(16-17-8-10-19(27)11-9-17)26(25)13-12-18-14-20(29(30)31)15-23(32-3)24(18)33-26;1-26(2)21-6-4-5-7-22(21)28(16-17-8-11-19(27)12-9-17)24(26)13-10-18-14-20(29(31)32)15-23(33-3)25(18)30;;/h2*4-15H,16H2,1-3H3;;/b;18-10-,24-13-;;. The van der Waals surface area contributed by atoms with Crippen LogP contribution in [0.2, 0.25) is 0 Å². The first kappa shape index (κ1) is 51.2. The van der Waals surface area contributed by atoms with Gasteiger partial charge in [0.15, 0.2) is 17.3 Å². The number of carbonyl (C=O) groups is 1. The number of hydrogen-bond acceptors (Lipinski definition) is 10. The van der Waals surface area contributed by atoms with Gasteiger partial charge in [0, 0.05) is 109 Å². The Morgan fingerprint density at radius 3 is 1.91 bits per heavy atom. The van der Waals surface area contributed by atoms with Crippen molar-refractivity contribution in [2.45, 2.75) is 57.3 Å². The molecule has 1 spiro atoms. The second kappa shape index (κ2) is 20.2. The summed E-state index contributed by atoms with van der Waals surface area (Å²) in [7, 11) is 2.78. The van der Waals surface area contributed by atoms with Crippen molar-refractivity contribution >= 4 is 28.9 Å². The maximum absolute atomic E-state index is 13.5. The average Bonchev–Trinajstić information content (AvgIpc) is 3.62. The first-order valence-corrected chi connectivity index (χ1v) is 21.1. The number of hydrogen-bond donors (Lipinski definition) is 0. The van der Waals surface area contributed by atoms with Gasteiger partial charge in [-0.1, -0.05) is 74.5 Å². The summed E-state index contributed by atoms with van der Waals surface area (Å²) >= 11 is 0. The maximum Gasteiger partial charge on any atom is 0.274 e. The molecule has 5 aromatic rings. The largest absolute Gasteiger partial charge is 0.493 e. The molecule has 16 heteroatoms. The first-order valence-electron chi connectivity index (χ1n) is 21.1. The topological polar surface area (TPSA) is 138 Å². The van der Waals surface area contributed by atoms with Crippen LogP contribution in [0.5, 0.6) is 11.5 Å². The number of fused-ring (bicyclic) bond motifs is 3. The average molecular weight is 1180 g/mol. The van der Waals surface area contributed by atoms with E-state index in [1.54, 1.807) is 30.3 Å². The molecule has 0 saturated carbocycles. The fraction of sp³-hybridized carbons (Fsp3) is 0.212. The van der Waals surface area contributed by atoms with E-state index in [2.05, 4.69) is 55.7 Å². The summed E-state index contributed by atoms with van der Waals surface area (Å²) in [5.41, 5.74) is 5.71. The summed E-state index contributed by atoms with van der Waals surface area (Å²) in [6.07, 6.45) is 9.62. The van der Waals surface area contributed by atoms with Gasteiger partial charge in [-0.3, -0.25) is 25.0 Å². The second-order valence-electron chi connectivity index (χ2n) is 17.2. The molecule has 12 nitrogen and oxygen atoms in total. The molecule has 3 heterocycles. The van der Waals surface area contributed by atoms with Gasteiger partial charge in [0.1, 0.15) is 11.6 Å². The molecule has 68 heavy (non-hydrogen) atoms. The van der Waals surface area contributed by atoms with E-state index >= 15 is 0 Å². The molecule has 0 fully saturated rings. The molecule has 1 radical (unpaired) electrons. The molecule has 0 bridgehead atoms. The molecule has 0 aromatic heterocycles. The molecule has 1 unspecified atom stereocenters. The van der Waals surface area contributed by atoms with Crippen molar-refractivity contribution in [3.05, 3.63) is 222 Å². The number of carbonyl (C=O) groups excluding carboxylic acids is 1. The van der Waals surface area contributed by atoms with Crippen LogP contribution in [0.25, 0.3) is 6.08 Å². The monoisotopic (exact) mass is 1180 g/mol. The van der Waals surface area contributed by atoms with Gasteiger partial charge in [0.05, 0.1) is 41.6 Å². The molecule has 9 rings (SSSR count). The van der Waals surface area contributed by atoms with Gasteiger partial charge in [-0.05, 0) is 96.8 Å². The number of Topliss-reactive ketones (excluding diaryl/α,β-unsaturated/α-hetero) is 1. The molecule has 3 aliphatic heterocycles. The predicted molar refractivity (Wildman–Crippen MR) is 247 cm³/mol. The first-order chi connectivity index (χ1) is 31.5. The summed E-state index contributed by atoms with van der Waals surface area (Å²) in [4.78, 5) is 38.7. The Balaban J connectivity index is 0.000000218. The smallest absolute Gasteiger partial charge is 0.274 e. The number of methoxy groups -OCH3 is 2. The Bertz CT molecular complexity index is 2950. The Morgan fingerprint density at radius 1 is 0.735 bits per heavy atom. The molecule has 5 aromatic carbocycles. The normalized spacial score (nSPS) is 19.0. The van der Waals surface area contributed by atoms with Gasteiger partial charge in [-0.25, -0.2) is 8.78 Å². The van der Waals surface area contributed by atoms with Crippen LogP contribution < -0.4 is 19.3 Å². The van der Waals surface area contributed by atoms with Crippen LogP contribution in [0.15, 0.2) is 162 Å². The SMILES string of the molecule is COC1=CC([N+](=O)[O-])=C/C(=C/C=C2\N(Cc3ccc(F)cc3)c3ccccc3C2(C)C)C1=O.COc1cc([N+](=O)[O-])cc2c1OC1(C=C2)N(Cc2ccc(F)cc2)c2ccccc2C1(C)C.[U].[V]. The van der Waals surface area contributed by atoms with Crippen molar-refractivity contribution in [2.24, 2.45) is 0 Å². The predicted octanol–water partition coefficient (Wildman–Crippen LogP) is 11.0. The molecule has 0 amide bonds. The van der Waals surface area contributed by atoms with Crippen LogP contribution in [0.4, 0.5) is 25.8 Å². The van der Waals surface area contributed by atoms with Gasteiger partial charge in [0.25, 0.3) is 11.4 Å². The number of benzene rings is 5. The van der Waals surface area contributed by atoms with Gasteiger partial charge in [-0.2, -0.15) is 0 Å². The van der Waals surface area contributed by atoms with Crippen molar-refractivity contribution in [2.75, 3.05) is 24.0 Å². The molecular formula is C52H46F2N4O8UV. The second-order valence-corrected chi connectivity index (χ2v) is 17.2. The third kappa shape index (κ3) is 9.33. The summed E-state index contributed by atoms with van der Waals surface area (Å²) in [5, 5.41) is 22.7. The summed E-state index contributed by atoms with van der Waals surface area (Å²) in [6.45, 7) is 9.39. The fourth-order valence-corrected chi connectivity index (χ4v) is 9.14. The molecule has 0 saturated heterocycles. The van der Waals surface area contributed by atoms with Crippen LogP contribution >= 0.6 is 0 Å². The fourth-order valence-electron chi connectivity index (χ4n) is 9.14. The minimum Gasteiger partial charge on any atom is -0.493 e. The Labute approximate surface area is 428 Å². The molecule has 1 aliphatic carbocycles. The Kier molecular flexibility index (Phi) is 15.2. The number of nitro groups is 2. The quantitative estimate of drug-likeness (QED) is 0.0797. The molecular weight excluding hydrogens is 1140 g/mol. The zero-order valence-corrected chi connectivity index (χ0v) is 43.6. The van der Waals surface area contributed by atoms with Crippen molar-refractivity contribution < 1.29 is 87.3 Å². The third-order valence-electron chi connectivity index (χ3n) is 12.6. The number of nitro benzene ring substituents is 1. The number of ketones is 1. The van der Waals surface area contributed by atoms with Gasteiger partial charge < -0.3 is 24.0 Å². The minimum absolute atomic E-state index is 0. The molecule has 345 valence electrons.